The Kier molecular flexibility index (Phi) is 4.85. The van der Waals surface area contributed by atoms with Crippen molar-refractivity contribution in [3.8, 4) is 0 Å². The minimum atomic E-state index is -0.129. The van der Waals surface area contributed by atoms with E-state index in [1.54, 1.807) is 12.1 Å². The Hall–Kier alpha value is -0.120. The molecule has 0 aliphatic carbocycles. The van der Waals surface area contributed by atoms with Crippen LogP contribution in [0.3, 0.4) is 0 Å². The number of benzene rings is 1. The van der Waals surface area contributed by atoms with E-state index in [4.69, 9.17) is 0 Å². The van der Waals surface area contributed by atoms with Gasteiger partial charge in [-0.1, -0.05) is 48.6 Å². The lowest BCUT2D eigenvalue weighted by molar-refractivity contribution is 0.574. The summed E-state index contributed by atoms with van der Waals surface area (Å²) in [6.07, 6.45) is 2.16. The van der Waals surface area contributed by atoms with Crippen molar-refractivity contribution in [2.45, 2.75) is 30.6 Å². The van der Waals surface area contributed by atoms with Crippen LogP contribution < -0.4 is 0 Å². The highest BCUT2D eigenvalue weighted by atomic mass is 127. The summed E-state index contributed by atoms with van der Waals surface area (Å²) in [5.41, 5.74) is 1.10. The number of rotatable bonds is 4. The molecule has 0 aromatic heterocycles. The molecule has 0 N–H and O–H groups in total. The first-order chi connectivity index (χ1) is 6.58. The summed E-state index contributed by atoms with van der Waals surface area (Å²) < 4.78 is 13.5. The van der Waals surface area contributed by atoms with E-state index >= 15 is 0 Å². The third-order valence-electron chi connectivity index (χ3n) is 2.07. The van der Waals surface area contributed by atoms with E-state index in [1.165, 1.54) is 12.5 Å². The summed E-state index contributed by atoms with van der Waals surface area (Å²) >= 11 is 2.45. The fourth-order valence-electron chi connectivity index (χ4n) is 1.51. The molecule has 0 aliphatic heterocycles. The summed E-state index contributed by atoms with van der Waals surface area (Å²) in [6.45, 7) is 4.44. The summed E-state index contributed by atoms with van der Waals surface area (Å²) in [4.78, 5) is 0. The van der Waals surface area contributed by atoms with Crippen LogP contribution in [0.15, 0.2) is 24.3 Å². The third kappa shape index (κ3) is 4.40. The van der Waals surface area contributed by atoms with Gasteiger partial charge in [0.15, 0.2) is 0 Å². The predicted octanol–water partition coefficient (Wildman–Crippen LogP) is 4.22. The van der Waals surface area contributed by atoms with Crippen LogP contribution in [0.5, 0.6) is 0 Å². The van der Waals surface area contributed by atoms with Crippen molar-refractivity contribution in [2.24, 2.45) is 5.92 Å². The maximum absolute atomic E-state index is 12.9. The molecule has 0 aliphatic rings. The van der Waals surface area contributed by atoms with Crippen molar-refractivity contribution in [3.63, 3.8) is 0 Å². The Morgan fingerprint density at radius 1 is 1.36 bits per heavy atom. The Bertz CT molecular complexity index is 283. The first-order valence-corrected chi connectivity index (χ1v) is 6.21. The predicted molar refractivity (Wildman–Crippen MR) is 67.4 cm³/mol. The Morgan fingerprint density at radius 2 is 2.07 bits per heavy atom. The highest BCUT2D eigenvalue weighted by molar-refractivity contribution is 14.1. The highest BCUT2D eigenvalue weighted by Gasteiger charge is 2.07. The molecule has 0 radical (unpaired) electrons. The van der Waals surface area contributed by atoms with Gasteiger partial charge in [-0.2, -0.15) is 0 Å². The number of alkyl halides is 1. The van der Waals surface area contributed by atoms with Crippen LogP contribution >= 0.6 is 22.6 Å². The van der Waals surface area contributed by atoms with Crippen molar-refractivity contribution < 1.29 is 4.39 Å². The van der Waals surface area contributed by atoms with Crippen molar-refractivity contribution in [2.75, 3.05) is 0 Å². The normalized spacial score (nSPS) is 13.2. The molecule has 1 unspecified atom stereocenters. The van der Waals surface area contributed by atoms with Crippen molar-refractivity contribution in [1.82, 2.24) is 0 Å². The standard InChI is InChI=1S/C12H16FI/c1-9(2)6-12(14)8-10-4-3-5-11(13)7-10/h3-5,7,9,12H,6,8H2,1-2H3. The van der Waals surface area contributed by atoms with Gasteiger partial charge in [-0.3, -0.25) is 0 Å². The number of halogens is 2. The number of hydrogen-bond donors (Lipinski definition) is 0. The van der Waals surface area contributed by atoms with Gasteiger partial charge in [-0.15, -0.1) is 0 Å². The average Bonchev–Trinajstić information content (AvgIpc) is 2.01. The Balaban J connectivity index is 2.51. The van der Waals surface area contributed by atoms with Gasteiger partial charge in [0, 0.05) is 3.92 Å². The lowest BCUT2D eigenvalue weighted by Crippen LogP contribution is -2.06. The zero-order valence-corrected chi connectivity index (χ0v) is 10.8. The van der Waals surface area contributed by atoms with Gasteiger partial charge in [0.05, 0.1) is 0 Å². The van der Waals surface area contributed by atoms with Crippen LogP contribution in [-0.2, 0) is 6.42 Å². The largest absolute Gasteiger partial charge is 0.207 e. The summed E-state index contributed by atoms with van der Waals surface area (Å²) in [6, 6.07) is 6.90. The van der Waals surface area contributed by atoms with E-state index in [1.807, 2.05) is 6.07 Å². The van der Waals surface area contributed by atoms with Gasteiger partial charge in [-0.05, 0) is 36.5 Å². The molecule has 0 fully saturated rings. The summed E-state index contributed by atoms with van der Waals surface area (Å²) in [5, 5.41) is 0. The summed E-state index contributed by atoms with van der Waals surface area (Å²) in [5.74, 6) is 0.584. The Morgan fingerprint density at radius 3 is 2.64 bits per heavy atom. The van der Waals surface area contributed by atoms with Gasteiger partial charge >= 0.3 is 0 Å². The first kappa shape index (κ1) is 12.0. The SMILES string of the molecule is CC(C)CC(I)Cc1cccc(F)c1. The molecule has 78 valence electrons. The van der Waals surface area contributed by atoms with Gasteiger partial charge in [0.25, 0.3) is 0 Å². The maximum Gasteiger partial charge on any atom is 0.123 e. The van der Waals surface area contributed by atoms with Crippen LogP contribution in [0.2, 0.25) is 0 Å². The second-order valence-corrected chi connectivity index (χ2v) is 5.82. The topological polar surface area (TPSA) is 0 Å². The second kappa shape index (κ2) is 5.69. The van der Waals surface area contributed by atoms with E-state index < -0.39 is 0 Å². The average molecular weight is 306 g/mol. The van der Waals surface area contributed by atoms with Crippen molar-refractivity contribution in [3.05, 3.63) is 35.6 Å². The monoisotopic (exact) mass is 306 g/mol. The molecule has 0 bridgehead atoms. The van der Waals surface area contributed by atoms with Crippen molar-refractivity contribution in [1.29, 1.82) is 0 Å². The second-order valence-electron chi connectivity index (χ2n) is 4.06. The minimum Gasteiger partial charge on any atom is -0.207 e. The molecular weight excluding hydrogens is 290 g/mol. The Labute approximate surface area is 99.0 Å². The van der Waals surface area contributed by atoms with Gasteiger partial charge in [0.1, 0.15) is 5.82 Å². The molecule has 1 aromatic rings. The zero-order chi connectivity index (χ0) is 10.6. The van der Waals surface area contributed by atoms with E-state index in [9.17, 15) is 4.39 Å². The lowest BCUT2D eigenvalue weighted by atomic mass is 10.0. The molecule has 2 heteroatoms. The molecule has 0 saturated carbocycles. The molecule has 1 atom stereocenters. The quantitative estimate of drug-likeness (QED) is 0.577. The molecule has 1 rings (SSSR count). The minimum absolute atomic E-state index is 0.129. The van der Waals surface area contributed by atoms with Crippen LogP contribution in [0.4, 0.5) is 4.39 Å². The van der Waals surface area contributed by atoms with Gasteiger partial charge < -0.3 is 0 Å². The first-order valence-electron chi connectivity index (χ1n) is 4.96. The molecule has 1 aromatic carbocycles. The maximum atomic E-state index is 12.9. The van der Waals surface area contributed by atoms with Crippen LogP contribution in [-0.4, -0.2) is 3.92 Å². The van der Waals surface area contributed by atoms with Crippen molar-refractivity contribution >= 4 is 22.6 Å². The van der Waals surface area contributed by atoms with Gasteiger partial charge in [-0.25, -0.2) is 4.39 Å². The number of hydrogen-bond acceptors (Lipinski definition) is 0. The van der Waals surface area contributed by atoms with Gasteiger partial charge in [0.2, 0.25) is 0 Å². The lowest BCUT2D eigenvalue weighted by Gasteiger charge is -2.12. The summed E-state index contributed by atoms with van der Waals surface area (Å²) in [7, 11) is 0. The third-order valence-corrected chi connectivity index (χ3v) is 3.02. The van der Waals surface area contributed by atoms with E-state index in [2.05, 4.69) is 36.4 Å². The molecular formula is C12H16FI. The van der Waals surface area contributed by atoms with E-state index in [0.717, 1.165) is 12.0 Å². The highest BCUT2D eigenvalue weighted by Crippen LogP contribution is 2.18. The molecule has 0 spiro atoms. The zero-order valence-electron chi connectivity index (χ0n) is 8.63. The fourth-order valence-corrected chi connectivity index (χ4v) is 3.04. The van der Waals surface area contributed by atoms with Crippen LogP contribution in [0.25, 0.3) is 0 Å². The molecule has 0 saturated heterocycles. The van der Waals surface area contributed by atoms with Crippen LogP contribution in [0.1, 0.15) is 25.8 Å². The smallest absolute Gasteiger partial charge is 0.123 e. The molecule has 0 heterocycles. The van der Waals surface area contributed by atoms with Crippen LogP contribution in [0, 0.1) is 11.7 Å². The molecule has 14 heavy (non-hydrogen) atoms. The fraction of sp³-hybridized carbons (Fsp3) is 0.500. The molecule has 0 amide bonds. The van der Waals surface area contributed by atoms with E-state index in [-0.39, 0.29) is 5.82 Å². The van der Waals surface area contributed by atoms with E-state index in [0.29, 0.717) is 9.84 Å². The molecule has 0 nitrogen and oxygen atoms in total.